The van der Waals surface area contributed by atoms with Gasteiger partial charge in [0.2, 0.25) is 0 Å². The van der Waals surface area contributed by atoms with Crippen LogP contribution in [0.5, 0.6) is 5.75 Å². The Morgan fingerprint density at radius 2 is 0.921 bits per heavy atom. The van der Waals surface area contributed by atoms with Crippen LogP contribution in [0.1, 0.15) is 132 Å². The number of aromatic hydroxyl groups is 1. The number of fused-ring (bicyclic) bond motifs is 2. The van der Waals surface area contributed by atoms with Gasteiger partial charge in [0.15, 0.2) is 0 Å². The van der Waals surface area contributed by atoms with Crippen molar-refractivity contribution in [1.29, 1.82) is 0 Å². The molecule has 0 bridgehead atoms. The number of nitrogens with zero attached hydrogens (tertiary/aromatic N) is 5. The summed E-state index contributed by atoms with van der Waals surface area (Å²) in [6.45, 7) is 33.6. The van der Waals surface area contributed by atoms with Crippen LogP contribution in [-0.4, -0.2) is 29.2 Å². The summed E-state index contributed by atoms with van der Waals surface area (Å²) in [7, 11) is 0. The summed E-state index contributed by atoms with van der Waals surface area (Å²) in [6.07, 6.45) is 3.71. The largest absolute Gasteiger partial charge is 0.507 e. The maximum atomic E-state index is 12.7. The Kier molecular flexibility index (Phi) is 13.9. The van der Waals surface area contributed by atoms with E-state index in [1.807, 2.05) is 12.4 Å². The van der Waals surface area contributed by atoms with Crippen LogP contribution < -0.4 is 0 Å². The number of benzene rings is 7. The minimum atomic E-state index is -0.354. The molecule has 10 aromatic rings. The molecule has 7 heteroatoms. The van der Waals surface area contributed by atoms with Gasteiger partial charge in [0.1, 0.15) is 11.6 Å². The molecule has 0 aliphatic heterocycles. The zero-order valence-electron chi connectivity index (χ0n) is 47.0. The third-order valence-electron chi connectivity index (χ3n) is 14.8. The number of hydrogen-bond donors (Lipinski definition) is 1. The van der Waals surface area contributed by atoms with Gasteiger partial charge in [-0.1, -0.05) is 206 Å². The van der Waals surface area contributed by atoms with Crippen LogP contribution >= 0.6 is 0 Å². The van der Waals surface area contributed by atoms with Crippen molar-refractivity contribution in [2.75, 3.05) is 0 Å². The van der Waals surface area contributed by atoms with Crippen LogP contribution in [0.4, 0.5) is 0 Å². The molecule has 0 aliphatic rings. The summed E-state index contributed by atoms with van der Waals surface area (Å²) in [6, 6.07) is 56.4. The SMILES string of the molecule is CC(C)(C)c1cc(-c2cccc3c2nc(-c2cc(C(C)(C)C)cc(C(C)(C)C)c2O)n3-c2ccc(C(C)(C)C)cc2-c2ccccc2)[c-]c(-c2nc3cnccc3n2-c2ccc(C(C)(C)C)cc2-c2ccccc2)c1.[Pt]. The molecule has 1 N–H and O–H groups in total. The topological polar surface area (TPSA) is 68.8 Å². The maximum Gasteiger partial charge on any atom is 0.148 e. The zero-order chi connectivity index (χ0) is 53.6. The van der Waals surface area contributed by atoms with Crippen LogP contribution in [0.15, 0.2) is 158 Å². The van der Waals surface area contributed by atoms with Crippen LogP contribution in [0, 0.1) is 6.07 Å². The molecule has 0 saturated heterocycles. The van der Waals surface area contributed by atoms with Crippen molar-refractivity contribution in [3.05, 3.63) is 192 Å². The Morgan fingerprint density at radius 1 is 0.421 bits per heavy atom. The Morgan fingerprint density at radius 3 is 1.45 bits per heavy atom. The molecule has 7 aromatic carbocycles. The smallest absolute Gasteiger partial charge is 0.148 e. The molecule has 0 amide bonds. The van der Waals surface area contributed by atoms with Crippen molar-refractivity contribution in [3.63, 3.8) is 0 Å². The van der Waals surface area contributed by atoms with Crippen molar-refractivity contribution in [1.82, 2.24) is 24.1 Å². The number of pyridine rings is 1. The second-order valence-electron chi connectivity index (χ2n) is 25.6. The molecule has 0 radical (unpaired) electrons. The van der Waals surface area contributed by atoms with Gasteiger partial charge in [0.25, 0.3) is 0 Å². The van der Waals surface area contributed by atoms with Gasteiger partial charge in [-0.05, 0) is 97.4 Å². The molecule has 0 fully saturated rings. The van der Waals surface area contributed by atoms with Crippen molar-refractivity contribution in [2.24, 2.45) is 0 Å². The van der Waals surface area contributed by atoms with Crippen LogP contribution in [0.25, 0.3) is 89.6 Å². The fourth-order valence-electron chi connectivity index (χ4n) is 10.3. The van der Waals surface area contributed by atoms with E-state index in [9.17, 15) is 5.11 Å². The molecule has 3 aromatic heterocycles. The minimum absolute atomic E-state index is 0. The fraction of sp³-hybridized carbons (Fsp3) is 0.290. The first-order valence-corrected chi connectivity index (χ1v) is 26.5. The number of aromatic nitrogens is 5. The monoisotopic (exact) mass is 1180 g/mol. The van der Waals surface area contributed by atoms with E-state index in [0.717, 1.165) is 94.9 Å². The van der Waals surface area contributed by atoms with Crippen molar-refractivity contribution in [2.45, 2.75) is 131 Å². The second kappa shape index (κ2) is 19.6. The molecular formula is C69H72N5OPt-. The number of para-hydroxylation sites is 1. The Balaban J connectivity index is 0.00000706. The molecule has 0 aliphatic carbocycles. The first-order valence-electron chi connectivity index (χ1n) is 26.5. The van der Waals surface area contributed by atoms with Gasteiger partial charge in [0, 0.05) is 49.6 Å². The molecule has 6 nitrogen and oxygen atoms in total. The first kappa shape index (κ1) is 53.9. The summed E-state index contributed by atoms with van der Waals surface area (Å²) in [5, 5.41) is 12.7. The van der Waals surface area contributed by atoms with Gasteiger partial charge in [0.05, 0.1) is 45.3 Å². The van der Waals surface area contributed by atoms with Gasteiger partial charge >= 0.3 is 0 Å². The average Bonchev–Trinajstić information content (AvgIpc) is 3.94. The molecular weight excluding hydrogens is 1110 g/mol. The Bertz CT molecular complexity index is 3790. The predicted octanol–water partition coefficient (Wildman–Crippen LogP) is 18.1. The third-order valence-corrected chi connectivity index (χ3v) is 14.8. The number of imidazole rings is 2. The molecule has 76 heavy (non-hydrogen) atoms. The second-order valence-corrected chi connectivity index (χ2v) is 25.6. The summed E-state index contributed by atoms with van der Waals surface area (Å²) >= 11 is 0. The molecule has 0 atom stereocenters. The molecule has 0 saturated carbocycles. The van der Waals surface area contributed by atoms with E-state index < -0.39 is 0 Å². The average molecular weight is 1180 g/mol. The van der Waals surface area contributed by atoms with Crippen molar-refractivity contribution >= 4 is 22.1 Å². The van der Waals surface area contributed by atoms with Gasteiger partial charge < -0.3 is 9.67 Å². The van der Waals surface area contributed by atoms with Crippen LogP contribution in [0.3, 0.4) is 0 Å². The molecule has 0 unspecified atom stereocenters. The van der Waals surface area contributed by atoms with Crippen LogP contribution in [0.2, 0.25) is 0 Å². The van der Waals surface area contributed by atoms with E-state index in [1.54, 1.807) is 0 Å². The quantitative estimate of drug-likeness (QED) is 0.162. The van der Waals surface area contributed by atoms with Crippen molar-refractivity contribution in [3.8, 4) is 73.3 Å². The summed E-state index contributed by atoms with van der Waals surface area (Å²) in [4.78, 5) is 15.8. The van der Waals surface area contributed by atoms with Gasteiger partial charge in [-0.3, -0.25) is 14.5 Å². The van der Waals surface area contributed by atoms with E-state index in [4.69, 9.17) is 9.97 Å². The zero-order valence-corrected chi connectivity index (χ0v) is 49.3. The summed E-state index contributed by atoms with van der Waals surface area (Å²) in [5.41, 5.74) is 17.9. The maximum absolute atomic E-state index is 12.7. The van der Waals surface area contributed by atoms with Gasteiger partial charge in [-0.2, -0.15) is 0 Å². The predicted molar refractivity (Wildman–Crippen MR) is 315 cm³/mol. The normalized spacial score (nSPS) is 12.6. The molecule has 10 rings (SSSR count). The Labute approximate surface area is 465 Å². The van der Waals surface area contributed by atoms with Crippen molar-refractivity contribution < 1.29 is 26.2 Å². The van der Waals surface area contributed by atoms with Gasteiger partial charge in [-0.15, -0.1) is 29.3 Å². The fourth-order valence-corrected chi connectivity index (χ4v) is 10.3. The van der Waals surface area contributed by atoms with E-state index in [2.05, 4.69) is 270 Å². The molecule has 3 heterocycles. The minimum Gasteiger partial charge on any atom is -0.507 e. The molecule has 0 spiro atoms. The van der Waals surface area contributed by atoms with E-state index in [1.165, 1.54) is 11.1 Å². The number of hydrogen-bond acceptors (Lipinski definition) is 4. The standard InChI is InChI=1S/C69H72N5O.Pt/c1-65(2,3)47-29-31-57(52(38-47)43-23-18-16-19-24-43)73-59-33-34-70-42-56(59)71-63(73)46-35-45(36-49(37-46)67(7,8)9)51-27-22-28-60-61(51)72-64(54-40-50(68(10,11)12)41-55(62(54)75)69(13,14)15)74(60)58-32-30-48(66(4,5)6)39-53(58)44-25-20-17-21-26-44;/h16-34,36-42,75H,1-15H3;/q-1;. The summed E-state index contributed by atoms with van der Waals surface area (Å²) < 4.78 is 4.58. The number of phenols is 1. The van der Waals surface area contributed by atoms with E-state index >= 15 is 0 Å². The van der Waals surface area contributed by atoms with E-state index in [0.29, 0.717) is 11.4 Å². The summed E-state index contributed by atoms with van der Waals surface area (Å²) in [5.74, 6) is 1.68. The van der Waals surface area contributed by atoms with E-state index in [-0.39, 0.29) is 53.9 Å². The number of rotatable bonds is 7. The first-order chi connectivity index (χ1) is 35.3. The van der Waals surface area contributed by atoms with Crippen LogP contribution in [-0.2, 0) is 48.1 Å². The third kappa shape index (κ3) is 10.1. The van der Waals surface area contributed by atoms with Gasteiger partial charge in [-0.25, -0.2) is 4.98 Å². The number of phenolic OH excluding ortho intramolecular Hbond substituents is 1. The Hall–Kier alpha value is -6.88. The molecule has 390 valence electrons.